The quantitative estimate of drug-likeness (QED) is 0.235. The van der Waals surface area contributed by atoms with E-state index in [4.69, 9.17) is 9.47 Å². The molecule has 1 aromatic carbocycles. The second-order valence-corrected chi connectivity index (χ2v) is 6.51. The topological polar surface area (TPSA) is 58.1 Å². The van der Waals surface area contributed by atoms with E-state index >= 15 is 0 Å². The third kappa shape index (κ3) is 8.65. The van der Waals surface area contributed by atoms with E-state index in [0.717, 1.165) is 43.8 Å². The number of hydrogen-bond donors (Lipinski definition) is 2. The molecule has 1 aromatic rings. The normalized spacial score (nSPS) is 16.8. The molecule has 0 aromatic heterocycles. The van der Waals surface area contributed by atoms with Crippen LogP contribution in [0.2, 0.25) is 0 Å². The van der Waals surface area contributed by atoms with Crippen LogP contribution in [0.5, 0.6) is 0 Å². The van der Waals surface area contributed by atoms with Crippen LogP contribution in [0.1, 0.15) is 23.6 Å². The van der Waals surface area contributed by atoms with Crippen LogP contribution in [0.3, 0.4) is 0 Å². The van der Waals surface area contributed by atoms with Crippen LogP contribution in [0, 0.1) is 0 Å². The van der Waals surface area contributed by atoms with Gasteiger partial charge < -0.3 is 20.1 Å². The number of nitrogens with zero attached hydrogens (tertiary/aromatic N) is 2. The van der Waals surface area contributed by atoms with Crippen molar-refractivity contribution in [2.45, 2.75) is 18.6 Å². The van der Waals surface area contributed by atoms with Gasteiger partial charge in [-0.15, -0.1) is 24.0 Å². The average Bonchev–Trinajstić information content (AvgIpc) is 2.70. The Hall–Kier alpha value is -1.11. The Morgan fingerprint density at radius 1 is 1.21 bits per heavy atom. The standard InChI is InChI=1S/C19H29F3N4O2.HI/c1-23-18(24-8-3-11-27-2)25-14-17(26-9-12-28-13-10-26)15-4-6-16(7-5-15)19(20,21)22;/h4-7,17H,3,8-14H2,1-2H3,(H2,23,24,25);1H. The summed E-state index contributed by atoms with van der Waals surface area (Å²) in [4.78, 5) is 6.42. The Morgan fingerprint density at radius 3 is 2.41 bits per heavy atom. The van der Waals surface area contributed by atoms with E-state index in [2.05, 4.69) is 20.5 Å². The summed E-state index contributed by atoms with van der Waals surface area (Å²) in [6.07, 6.45) is -3.48. The fourth-order valence-corrected chi connectivity index (χ4v) is 3.08. The van der Waals surface area contributed by atoms with Gasteiger partial charge in [-0.05, 0) is 24.1 Å². The number of benzene rings is 1. The lowest BCUT2D eigenvalue weighted by Crippen LogP contribution is -2.46. The van der Waals surface area contributed by atoms with Gasteiger partial charge in [-0.2, -0.15) is 13.2 Å². The van der Waals surface area contributed by atoms with Gasteiger partial charge in [0.15, 0.2) is 5.96 Å². The van der Waals surface area contributed by atoms with Gasteiger partial charge in [-0.3, -0.25) is 9.89 Å². The maximum atomic E-state index is 12.9. The summed E-state index contributed by atoms with van der Waals surface area (Å²) in [5.74, 6) is 0.654. The second-order valence-electron chi connectivity index (χ2n) is 6.51. The van der Waals surface area contributed by atoms with Crippen molar-refractivity contribution in [3.8, 4) is 0 Å². The van der Waals surface area contributed by atoms with Gasteiger partial charge in [0, 0.05) is 46.9 Å². The van der Waals surface area contributed by atoms with Gasteiger partial charge in [-0.25, -0.2) is 0 Å². The molecule has 1 atom stereocenters. The molecule has 1 unspecified atom stereocenters. The summed E-state index contributed by atoms with van der Waals surface area (Å²) in [5.41, 5.74) is 0.192. The molecule has 0 radical (unpaired) electrons. The molecule has 0 saturated carbocycles. The van der Waals surface area contributed by atoms with Crippen molar-refractivity contribution in [1.82, 2.24) is 15.5 Å². The SMILES string of the molecule is CN=C(NCCCOC)NCC(c1ccc(C(F)(F)F)cc1)N1CCOCC1.I. The first kappa shape index (κ1) is 25.9. The van der Waals surface area contributed by atoms with E-state index in [0.29, 0.717) is 32.3 Å². The van der Waals surface area contributed by atoms with E-state index in [1.165, 1.54) is 0 Å². The molecular weight excluding hydrogens is 500 g/mol. The van der Waals surface area contributed by atoms with Gasteiger partial charge in [0.05, 0.1) is 24.8 Å². The zero-order valence-corrected chi connectivity index (χ0v) is 19.1. The summed E-state index contributed by atoms with van der Waals surface area (Å²) in [7, 11) is 3.34. The van der Waals surface area contributed by atoms with Crippen molar-refractivity contribution in [1.29, 1.82) is 0 Å². The molecule has 1 aliphatic rings. The molecule has 0 amide bonds. The molecule has 166 valence electrons. The number of hydrogen-bond acceptors (Lipinski definition) is 4. The Labute approximate surface area is 187 Å². The molecule has 6 nitrogen and oxygen atoms in total. The van der Waals surface area contributed by atoms with Crippen molar-refractivity contribution < 1.29 is 22.6 Å². The van der Waals surface area contributed by atoms with E-state index in [-0.39, 0.29) is 30.0 Å². The molecule has 0 spiro atoms. The third-order valence-corrected chi connectivity index (χ3v) is 4.61. The number of methoxy groups -OCH3 is 1. The lowest BCUT2D eigenvalue weighted by molar-refractivity contribution is -0.137. The molecule has 1 fully saturated rings. The predicted molar refractivity (Wildman–Crippen MR) is 118 cm³/mol. The molecule has 10 heteroatoms. The number of ether oxygens (including phenoxy) is 2. The number of morpholine rings is 1. The molecule has 29 heavy (non-hydrogen) atoms. The minimum Gasteiger partial charge on any atom is -0.385 e. The first-order chi connectivity index (χ1) is 13.5. The zero-order chi connectivity index (χ0) is 20.4. The smallest absolute Gasteiger partial charge is 0.385 e. The second kappa shape index (κ2) is 13.2. The highest BCUT2D eigenvalue weighted by molar-refractivity contribution is 14.0. The number of guanidine groups is 1. The maximum absolute atomic E-state index is 12.9. The molecule has 0 bridgehead atoms. The van der Waals surface area contributed by atoms with E-state index in [1.54, 1.807) is 26.3 Å². The van der Waals surface area contributed by atoms with Gasteiger partial charge >= 0.3 is 6.18 Å². The number of aliphatic imine (C=N–C) groups is 1. The van der Waals surface area contributed by atoms with Crippen molar-refractivity contribution in [3.63, 3.8) is 0 Å². The Morgan fingerprint density at radius 2 is 1.86 bits per heavy atom. The molecular formula is C19H30F3IN4O2. The van der Waals surface area contributed by atoms with Crippen LogP contribution in [-0.4, -0.2) is 71.0 Å². The van der Waals surface area contributed by atoms with E-state index in [9.17, 15) is 13.2 Å². The molecule has 2 rings (SSSR count). The van der Waals surface area contributed by atoms with Crippen molar-refractivity contribution in [2.75, 3.05) is 60.2 Å². The summed E-state index contributed by atoms with van der Waals surface area (Å²) >= 11 is 0. The minimum absolute atomic E-state index is 0. The predicted octanol–water partition coefficient (Wildman–Crippen LogP) is 2.90. The molecule has 1 saturated heterocycles. The fraction of sp³-hybridized carbons (Fsp3) is 0.632. The fourth-order valence-electron chi connectivity index (χ4n) is 3.08. The monoisotopic (exact) mass is 530 g/mol. The maximum Gasteiger partial charge on any atom is 0.416 e. The van der Waals surface area contributed by atoms with E-state index in [1.807, 2.05) is 0 Å². The Kier molecular flexibility index (Phi) is 11.8. The number of alkyl halides is 3. The number of rotatable bonds is 8. The zero-order valence-electron chi connectivity index (χ0n) is 16.8. The van der Waals surface area contributed by atoms with Gasteiger partial charge in [0.25, 0.3) is 0 Å². The van der Waals surface area contributed by atoms with Crippen molar-refractivity contribution in [2.24, 2.45) is 4.99 Å². The first-order valence-electron chi connectivity index (χ1n) is 9.38. The third-order valence-electron chi connectivity index (χ3n) is 4.61. The number of halogens is 4. The van der Waals surface area contributed by atoms with Crippen LogP contribution in [-0.2, 0) is 15.7 Å². The van der Waals surface area contributed by atoms with Gasteiger partial charge in [0.2, 0.25) is 0 Å². The van der Waals surface area contributed by atoms with Crippen LogP contribution in [0.25, 0.3) is 0 Å². The first-order valence-corrected chi connectivity index (χ1v) is 9.38. The average molecular weight is 530 g/mol. The van der Waals surface area contributed by atoms with Gasteiger partial charge in [-0.1, -0.05) is 12.1 Å². The number of nitrogens with one attached hydrogen (secondary N) is 2. The van der Waals surface area contributed by atoms with Crippen molar-refractivity contribution >= 4 is 29.9 Å². The van der Waals surface area contributed by atoms with E-state index < -0.39 is 11.7 Å². The summed E-state index contributed by atoms with van der Waals surface area (Å²) < 4.78 is 49.1. The lowest BCUT2D eigenvalue weighted by Gasteiger charge is -2.35. The molecule has 1 aliphatic heterocycles. The molecule has 2 N–H and O–H groups in total. The highest BCUT2D eigenvalue weighted by Gasteiger charge is 2.31. The van der Waals surface area contributed by atoms with Crippen LogP contribution >= 0.6 is 24.0 Å². The highest BCUT2D eigenvalue weighted by atomic mass is 127. The molecule has 1 heterocycles. The van der Waals surface area contributed by atoms with Crippen LogP contribution < -0.4 is 10.6 Å². The minimum atomic E-state index is -4.33. The van der Waals surface area contributed by atoms with Crippen LogP contribution in [0.15, 0.2) is 29.3 Å². The summed E-state index contributed by atoms with van der Waals surface area (Å²) in [5, 5.41) is 6.49. The summed E-state index contributed by atoms with van der Waals surface area (Å²) in [6, 6.07) is 5.31. The largest absolute Gasteiger partial charge is 0.416 e. The van der Waals surface area contributed by atoms with Crippen molar-refractivity contribution in [3.05, 3.63) is 35.4 Å². The Bertz CT molecular complexity index is 608. The highest BCUT2D eigenvalue weighted by Crippen LogP contribution is 2.31. The molecule has 0 aliphatic carbocycles. The lowest BCUT2D eigenvalue weighted by atomic mass is 10.0. The summed E-state index contributed by atoms with van der Waals surface area (Å²) in [6.45, 7) is 4.58. The Balaban J connectivity index is 0.00000420. The van der Waals surface area contributed by atoms with Gasteiger partial charge in [0.1, 0.15) is 0 Å². The van der Waals surface area contributed by atoms with Crippen LogP contribution in [0.4, 0.5) is 13.2 Å².